The van der Waals surface area contributed by atoms with Crippen molar-refractivity contribution in [1.82, 2.24) is 0 Å². The lowest BCUT2D eigenvalue weighted by Crippen LogP contribution is -2.25. The summed E-state index contributed by atoms with van der Waals surface area (Å²) in [6, 6.07) is 20.1. The Labute approximate surface area is 123 Å². The lowest BCUT2D eigenvalue weighted by Gasteiger charge is -2.18. The molecule has 3 rings (SSSR count). The third-order valence-corrected chi connectivity index (χ3v) is 4.08. The molecule has 1 unspecified atom stereocenters. The summed E-state index contributed by atoms with van der Waals surface area (Å²) in [5, 5.41) is 0. The Balaban J connectivity index is 2.04. The summed E-state index contributed by atoms with van der Waals surface area (Å²) < 4.78 is 0. The van der Waals surface area contributed by atoms with Crippen molar-refractivity contribution in [3.63, 3.8) is 0 Å². The molecule has 0 aromatic heterocycles. The summed E-state index contributed by atoms with van der Waals surface area (Å²) in [4.78, 5) is 15.9. The second kappa shape index (κ2) is 5.05. The number of nitrogens with zero attached hydrogens (tertiary/aromatic N) is 1. The van der Waals surface area contributed by atoms with Gasteiger partial charge in [-0.2, -0.15) is 4.99 Å². The van der Waals surface area contributed by atoms with Crippen molar-refractivity contribution in [2.45, 2.75) is 11.8 Å². The molecule has 1 atom stereocenters. The maximum Gasteiger partial charge on any atom is 0.253 e. The van der Waals surface area contributed by atoms with E-state index in [1.165, 1.54) is 0 Å². The summed E-state index contributed by atoms with van der Waals surface area (Å²) in [5.41, 5.74) is 12.6. The molecule has 1 amide bonds. The highest BCUT2D eigenvalue weighted by Gasteiger charge is 2.60. The number of guanidine groups is 1. The SMILES string of the molecule is NC(N)=NC(=O)C1CC1(c1ccccc1)c1ccccc1. The van der Waals surface area contributed by atoms with Crippen LogP contribution in [0.2, 0.25) is 0 Å². The average Bonchev–Trinajstić information content (AvgIpc) is 3.25. The number of carbonyl (C=O) groups excluding carboxylic acids is 1. The Morgan fingerprint density at radius 1 is 0.952 bits per heavy atom. The van der Waals surface area contributed by atoms with Crippen LogP contribution in [0.15, 0.2) is 65.7 Å². The topological polar surface area (TPSA) is 81.5 Å². The van der Waals surface area contributed by atoms with Gasteiger partial charge in [0.1, 0.15) is 0 Å². The molecule has 2 aromatic carbocycles. The summed E-state index contributed by atoms with van der Waals surface area (Å²) in [5.74, 6) is -0.631. The van der Waals surface area contributed by atoms with Crippen LogP contribution in [0.5, 0.6) is 0 Å². The van der Waals surface area contributed by atoms with Gasteiger partial charge in [0.25, 0.3) is 5.91 Å². The van der Waals surface area contributed by atoms with E-state index < -0.39 is 0 Å². The smallest absolute Gasteiger partial charge is 0.253 e. The predicted molar refractivity (Wildman–Crippen MR) is 82.6 cm³/mol. The molecule has 106 valence electrons. The van der Waals surface area contributed by atoms with Gasteiger partial charge in [-0.25, -0.2) is 0 Å². The van der Waals surface area contributed by atoms with Crippen molar-refractivity contribution in [3.05, 3.63) is 71.8 Å². The quantitative estimate of drug-likeness (QED) is 0.664. The van der Waals surface area contributed by atoms with Crippen molar-refractivity contribution in [2.75, 3.05) is 0 Å². The highest BCUT2D eigenvalue weighted by molar-refractivity contribution is 5.95. The number of benzene rings is 2. The van der Waals surface area contributed by atoms with E-state index in [1.807, 2.05) is 36.4 Å². The lowest BCUT2D eigenvalue weighted by atomic mass is 9.85. The molecule has 0 bridgehead atoms. The minimum atomic E-state index is -0.307. The van der Waals surface area contributed by atoms with Crippen molar-refractivity contribution >= 4 is 11.9 Å². The fourth-order valence-corrected chi connectivity index (χ4v) is 3.04. The van der Waals surface area contributed by atoms with Crippen LogP contribution in [0.4, 0.5) is 0 Å². The average molecular weight is 279 g/mol. The second-order valence-corrected chi connectivity index (χ2v) is 5.34. The van der Waals surface area contributed by atoms with Gasteiger partial charge in [-0.15, -0.1) is 0 Å². The minimum absolute atomic E-state index is 0.179. The Hall–Kier alpha value is -2.62. The molecule has 0 heterocycles. The van der Waals surface area contributed by atoms with Crippen LogP contribution in [0.25, 0.3) is 0 Å². The first kappa shape index (κ1) is 13.4. The van der Waals surface area contributed by atoms with Crippen LogP contribution in [-0.2, 0) is 10.2 Å². The van der Waals surface area contributed by atoms with Gasteiger partial charge in [-0.1, -0.05) is 60.7 Å². The molecule has 0 spiro atoms. The normalized spacial score (nSPS) is 18.8. The zero-order chi connectivity index (χ0) is 14.9. The van der Waals surface area contributed by atoms with Gasteiger partial charge in [0.2, 0.25) is 0 Å². The van der Waals surface area contributed by atoms with E-state index in [9.17, 15) is 4.79 Å². The van der Waals surface area contributed by atoms with E-state index in [0.717, 1.165) is 17.5 Å². The molecule has 1 aliphatic rings. The molecule has 4 heteroatoms. The molecule has 4 N–H and O–H groups in total. The fourth-order valence-electron chi connectivity index (χ4n) is 3.04. The van der Waals surface area contributed by atoms with Gasteiger partial charge < -0.3 is 11.5 Å². The Morgan fingerprint density at radius 2 is 1.43 bits per heavy atom. The van der Waals surface area contributed by atoms with Gasteiger partial charge in [0.05, 0.1) is 5.92 Å². The van der Waals surface area contributed by atoms with Gasteiger partial charge in [-0.05, 0) is 17.5 Å². The second-order valence-electron chi connectivity index (χ2n) is 5.34. The number of amides is 1. The van der Waals surface area contributed by atoms with Crippen LogP contribution in [0.1, 0.15) is 17.5 Å². The Bertz CT molecular complexity index is 636. The van der Waals surface area contributed by atoms with Gasteiger partial charge in [-0.3, -0.25) is 4.79 Å². The zero-order valence-corrected chi connectivity index (χ0v) is 11.6. The van der Waals surface area contributed by atoms with E-state index in [0.29, 0.717) is 0 Å². The van der Waals surface area contributed by atoms with E-state index in [4.69, 9.17) is 11.5 Å². The van der Waals surface area contributed by atoms with Crippen molar-refractivity contribution in [3.8, 4) is 0 Å². The molecular formula is C17H17N3O. The van der Waals surface area contributed by atoms with Gasteiger partial charge in [0.15, 0.2) is 5.96 Å². The number of aliphatic imine (C=N–C) groups is 1. The van der Waals surface area contributed by atoms with Crippen molar-refractivity contribution in [1.29, 1.82) is 0 Å². The molecule has 4 nitrogen and oxygen atoms in total. The molecule has 0 saturated heterocycles. The third-order valence-electron chi connectivity index (χ3n) is 4.08. The maximum atomic E-state index is 12.2. The van der Waals surface area contributed by atoms with E-state index in [-0.39, 0.29) is 23.2 Å². The summed E-state index contributed by atoms with van der Waals surface area (Å²) in [7, 11) is 0. The standard InChI is InChI=1S/C17H17N3O/c18-16(19)20-15(21)14-11-17(14,12-7-3-1-4-8-12)13-9-5-2-6-10-13/h1-10,14H,11H2,(H4,18,19,20,21). The maximum absolute atomic E-state index is 12.2. The number of hydrogen-bond acceptors (Lipinski definition) is 1. The van der Waals surface area contributed by atoms with E-state index in [1.54, 1.807) is 0 Å². The molecule has 1 aliphatic carbocycles. The highest BCUT2D eigenvalue weighted by Crippen LogP contribution is 2.59. The number of rotatable bonds is 3. The van der Waals surface area contributed by atoms with Crippen LogP contribution in [0.3, 0.4) is 0 Å². The van der Waals surface area contributed by atoms with E-state index >= 15 is 0 Å². The molecule has 0 aliphatic heterocycles. The zero-order valence-electron chi connectivity index (χ0n) is 11.6. The van der Waals surface area contributed by atoms with Crippen LogP contribution < -0.4 is 11.5 Å². The third kappa shape index (κ3) is 2.29. The highest BCUT2D eigenvalue weighted by atomic mass is 16.1. The van der Waals surface area contributed by atoms with Crippen molar-refractivity contribution < 1.29 is 4.79 Å². The first-order valence-electron chi connectivity index (χ1n) is 6.89. The van der Waals surface area contributed by atoms with Crippen LogP contribution in [0, 0.1) is 5.92 Å². The summed E-state index contributed by atoms with van der Waals surface area (Å²) >= 11 is 0. The minimum Gasteiger partial charge on any atom is -0.370 e. The molecule has 2 aromatic rings. The van der Waals surface area contributed by atoms with Gasteiger partial charge in [0, 0.05) is 5.41 Å². The summed E-state index contributed by atoms with van der Waals surface area (Å²) in [6.45, 7) is 0. The summed E-state index contributed by atoms with van der Waals surface area (Å²) in [6.07, 6.45) is 0.733. The number of hydrogen-bond donors (Lipinski definition) is 2. The van der Waals surface area contributed by atoms with Crippen LogP contribution in [-0.4, -0.2) is 11.9 Å². The number of carbonyl (C=O) groups is 1. The monoisotopic (exact) mass is 279 g/mol. The molecule has 1 saturated carbocycles. The van der Waals surface area contributed by atoms with E-state index in [2.05, 4.69) is 29.3 Å². The van der Waals surface area contributed by atoms with Crippen LogP contribution >= 0.6 is 0 Å². The molecule has 1 fully saturated rings. The molecule has 21 heavy (non-hydrogen) atoms. The molecular weight excluding hydrogens is 262 g/mol. The Morgan fingerprint density at radius 3 is 1.86 bits per heavy atom. The first-order valence-corrected chi connectivity index (χ1v) is 6.89. The lowest BCUT2D eigenvalue weighted by molar-refractivity contribution is -0.119. The van der Waals surface area contributed by atoms with Gasteiger partial charge >= 0.3 is 0 Å². The number of nitrogens with two attached hydrogens (primary N) is 2. The first-order chi connectivity index (χ1) is 10.1. The van der Waals surface area contributed by atoms with Crippen molar-refractivity contribution in [2.24, 2.45) is 22.4 Å². The predicted octanol–water partition coefficient (Wildman–Crippen LogP) is 1.79. The largest absolute Gasteiger partial charge is 0.370 e. The fraction of sp³-hybridized carbons (Fsp3) is 0.176. The Kier molecular flexibility index (Phi) is 3.22. The molecule has 0 radical (unpaired) electrons.